The van der Waals surface area contributed by atoms with Crippen molar-refractivity contribution in [1.29, 1.82) is 0 Å². The van der Waals surface area contributed by atoms with E-state index in [0.29, 0.717) is 0 Å². The summed E-state index contributed by atoms with van der Waals surface area (Å²) in [6.07, 6.45) is 0. The van der Waals surface area contributed by atoms with Crippen molar-refractivity contribution in [2.75, 3.05) is 20.3 Å². The molecule has 0 amide bonds. The first kappa shape index (κ1) is 20.1. The normalized spacial score (nSPS) is 22.2. The van der Waals surface area contributed by atoms with Crippen LogP contribution in [-0.4, -0.2) is 50.8 Å². The van der Waals surface area contributed by atoms with E-state index in [2.05, 4.69) is 14.0 Å². The van der Waals surface area contributed by atoms with Gasteiger partial charge in [-0.15, -0.1) is 0 Å². The van der Waals surface area contributed by atoms with Crippen molar-refractivity contribution >= 4 is 26.9 Å². The van der Waals surface area contributed by atoms with E-state index in [-0.39, 0.29) is 13.2 Å². The lowest BCUT2D eigenvalue weighted by Gasteiger charge is -2.26. The van der Waals surface area contributed by atoms with Gasteiger partial charge in [-0.25, -0.2) is 9.59 Å². The number of rotatable bonds is 8. The molecule has 0 saturated carbocycles. The van der Waals surface area contributed by atoms with E-state index in [0.717, 1.165) is 7.11 Å². The Balaban J connectivity index is 2.98. The summed E-state index contributed by atoms with van der Waals surface area (Å²) >= 11 is 0. The number of carbonyl (C=O) groups is 2. The Kier molecular flexibility index (Phi) is 6.34. The van der Waals surface area contributed by atoms with Crippen molar-refractivity contribution < 1.29 is 46.3 Å². The molecule has 0 aromatic heterocycles. The molecule has 0 aromatic carbocycles. The molecule has 132 valence electrons. The van der Waals surface area contributed by atoms with Gasteiger partial charge in [0.25, 0.3) is 0 Å². The molecule has 1 unspecified atom stereocenters. The van der Waals surface area contributed by atoms with Crippen molar-refractivity contribution in [3.8, 4) is 0 Å². The number of alkyl halides is 1. The molecule has 1 atom stereocenters. The predicted molar refractivity (Wildman–Crippen MR) is 74.8 cm³/mol. The van der Waals surface area contributed by atoms with Crippen LogP contribution in [0.5, 0.6) is 0 Å². The highest BCUT2D eigenvalue weighted by molar-refractivity contribution is 7.56. The zero-order valence-electron chi connectivity index (χ0n) is 13.5. The minimum absolute atomic E-state index is 0.196. The summed E-state index contributed by atoms with van der Waals surface area (Å²) in [5, 5.41) is 0. The van der Waals surface area contributed by atoms with Gasteiger partial charge in [-0.1, -0.05) is 0 Å². The minimum Gasteiger partial charge on any atom is -0.480 e. The van der Waals surface area contributed by atoms with Crippen LogP contribution < -0.4 is 0 Å². The predicted octanol–water partition coefficient (Wildman–Crippen LogP) is 1.40. The molecule has 0 bridgehead atoms. The summed E-state index contributed by atoms with van der Waals surface area (Å²) in [5.41, 5.74) is -5.10. The molecule has 9 nitrogen and oxygen atoms in total. The SMILES string of the molecule is CCOP(=O)(OCC)C1(F)OB(OC(C)(C)C(=O)OC)OC1=O. The number of hydrogen-bond donors (Lipinski definition) is 0. The number of ether oxygens (including phenoxy) is 1. The third-order valence-corrected chi connectivity index (χ3v) is 4.91. The quantitative estimate of drug-likeness (QED) is 0.362. The van der Waals surface area contributed by atoms with Crippen LogP contribution in [0.25, 0.3) is 0 Å². The largest absolute Gasteiger partial charge is 0.719 e. The number of carbonyl (C=O) groups excluding carboxylic acids is 2. The van der Waals surface area contributed by atoms with Crippen LogP contribution in [0.2, 0.25) is 0 Å². The van der Waals surface area contributed by atoms with E-state index in [1.54, 1.807) is 0 Å². The maximum atomic E-state index is 14.8. The standard InChI is InChI=1S/C11H19BFO9P/c1-6-18-23(16,19-7-2)11(13)9(15)20-12(22-11)21-10(3,4)8(14)17-5/h6-7H2,1-5H3. The second kappa shape index (κ2) is 7.27. The molecule has 1 saturated heterocycles. The average Bonchev–Trinajstić information content (AvgIpc) is 2.73. The molecule has 23 heavy (non-hydrogen) atoms. The molecule has 0 aromatic rings. The van der Waals surface area contributed by atoms with Gasteiger partial charge in [0, 0.05) is 0 Å². The Labute approximate surface area is 133 Å². The highest BCUT2D eigenvalue weighted by Gasteiger charge is 2.70. The lowest BCUT2D eigenvalue weighted by Crippen LogP contribution is -2.43. The molecule has 1 aliphatic rings. The smallest absolute Gasteiger partial charge is 0.480 e. The van der Waals surface area contributed by atoms with E-state index in [9.17, 15) is 18.5 Å². The zero-order chi connectivity index (χ0) is 17.9. The summed E-state index contributed by atoms with van der Waals surface area (Å²) < 4.78 is 55.6. The van der Waals surface area contributed by atoms with Crippen LogP contribution in [0.3, 0.4) is 0 Å². The van der Waals surface area contributed by atoms with Gasteiger partial charge in [0.1, 0.15) is 5.60 Å². The Morgan fingerprint density at radius 3 is 2.30 bits per heavy atom. The van der Waals surface area contributed by atoms with Crippen molar-refractivity contribution in [2.24, 2.45) is 0 Å². The fraction of sp³-hybridized carbons (Fsp3) is 0.818. The Morgan fingerprint density at radius 2 is 1.87 bits per heavy atom. The van der Waals surface area contributed by atoms with Crippen LogP contribution in [0.4, 0.5) is 4.39 Å². The van der Waals surface area contributed by atoms with E-state index < -0.39 is 38.1 Å². The average molecular weight is 356 g/mol. The van der Waals surface area contributed by atoms with Crippen molar-refractivity contribution in [1.82, 2.24) is 0 Å². The van der Waals surface area contributed by atoms with E-state index in [1.807, 2.05) is 0 Å². The first-order chi connectivity index (χ1) is 10.6. The summed E-state index contributed by atoms with van der Waals surface area (Å²) in [7, 11) is -5.43. The highest BCUT2D eigenvalue weighted by atomic mass is 31.2. The molecule has 1 rings (SSSR count). The first-order valence-electron chi connectivity index (χ1n) is 6.79. The van der Waals surface area contributed by atoms with Gasteiger partial charge in [-0.05, 0) is 27.7 Å². The van der Waals surface area contributed by atoms with E-state index in [1.165, 1.54) is 27.7 Å². The summed E-state index contributed by atoms with van der Waals surface area (Å²) in [6.45, 7) is 5.06. The topological polar surface area (TPSA) is 107 Å². The van der Waals surface area contributed by atoms with Crippen molar-refractivity contribution in [3.63, 3.8) is 0 Å². The van der Waals surface area contributed by atoms with Gasteiger partial charge in [-0.3, -0.25) is 4.57 Å². The Hall–Kier alpha value is -0.995. The van der Waals surface area contributed by atoms with Gasteiger partial charge in [0.15, 0.2) is 0 Å². The summed E-state index contributed by atoms with van der Waals surface area (Å²) in [5.74, 6) is -2.44. The second-order valence-electron chi connectivity index (χ2n) is 4.83. The Bertz CT molecular complexity index is 504. The van der Waals surface area contributed by atoms with Crippen LogP contribution in [0.15, 0.2) is 0 Å². The summed E-state index contributed by atoms with van der Waals surface area (Å²) in [6, 6.07) is 0. The molecule has 0 aliphatic carbocycles. The van der Waals surface area contributed by atoms with Gasteiger partial charge in [0.2, 0.25) is 0 Å². The van der Waals surface area contributed by atoms with Gasteiger partial charge in [0.05, 0.1) is 20.3 Å². The first-order valence-corrected chi connectivity index (χ1v) is 8.33. The molecule has 1 aliphatic heterocycles. The lowest BCUT2D eigenvalue weighted by atomic mass is 10.1. The molecule has 1 fully saturated rings. The van der Waals surface area contributed by atoms with Crippen LogP contribution >= 0.6 is 7.60 Å². The number of hydrogen-bond acceptors (Lipinski definition) is 9. The summed E-state index contributed by atoms with van der Waals surface area (Å²) in [4.78, 5) is 23.3. The molecular formula is C11H19BFO9P. The maximum Gasteiger partial charge on any atom is 0.719 e. The minimum atomic E-state index is -4.63. The maximum absolute atomic E-state index is 14.8. The van der Waals surface area contributed by atoms with E-state index in [4.69, 9.17) is 13.7 Å². The van der Waals surface area contributed by atoms with Crippen LogP contribution in [-0.2, 0) is 41.9 Å². The molecule has 0 radical (unpaired) electrons. The monoisotopic (exact) mass is 356 g/mol. The molecule has 0 N–H and O–H groups in total. The molecule has 12 heteroatoms. The van der Waals surface area contributed by atoms with E-state index >= 15 is 0 Å². The lowest BCUT2D eigenvalue weighted by molar-refractivity contribution is -0.158. The zero-order valence-corrected chi connectivity index (χ0v) is 14.4. The molecule has 0 spiro atoms. The van der Waals surface area contributed by atoms with Crippen LogP contribution in [0.1, 0.15) is 27.7 Å². The second-order valence-corrected chi connectivity index (χ2v) is 6.91. The third kappa shape index (κ3) is 3.92. The fourth-order valence-corrected chi connectivity index (χ4v) is 3.24. The van der Waals surface area contributed by atoms with Crippen LogP contribution in [0, 0.1) is 0 Å². The Morgan fingerprint density at radius 1 is 1.35 bits per heavy atom. The van der Waals surface area contributed by atoms with Gasteiger partial charge >= 0.3 is 32.5 Å². The van der Waals surface area contributed by atoms with Crippen molar-refractivity contribution in [3.05, 3.63) is 0 Å². The number of methoxy groups -OCH3 is 1. The van der Waals surface area contributed by atoms with Crippen molar-refractivity contribution in [2.45, 2.75) is 38.9 Å². The number of halogens is 1. The van der Waals surface area contributed by atoms with Gasteiger partial charge < -0.3 is 27.7 Å². The molecular weight excluding hydrogens is 337 g/mol. The highest BCUT2D eigenvalue weighted by Crippen LogP contribution is 2.63. The fourth-order valence-electron chi connectivity index (χ4n) is 1.66. The third-order valence-electron chi connectivity index (χ3n) is 2.73. The van der Waals surface area contributed by atoms with Gasteiger partial charge in [-0.2, -0.15) is 4.39 Å². The molecule has 1 heterocycles. The number of esters is 1.